The highest BCUT2D eigenvalue weighted by atomic mass is 32.2. The summed E-state index contributed by atoms with van der Waals surface area (Å²) in [5.74, 6) is 1.69. The fraction of sp³-hybridized carbons (Fsp3) is 0.190. The Hall–Kier alpha value is -3.12. The van der Waals surface area contributed by atoms with Gasteiger partial charge in [0.05, 0.1) is 12.3 Å². The molecule has 4 aromatic rings. The van der Waals surface area contributed by atoms with E-state index < -0.39 is 12.7 Å². The molecule has 0 aliphatic rings. The molecule has 0 amide bonds. The molecule has 0 aliphatic carbocycles. The van der Waals surface area contributed by atoms with Gasteiger partial charge in [-0.2, -0.15) is 4.37 Å². The molecule has 1 atom stereocenters. The molecule has 4 heterocycles. The van der Waals surface area contributed by atoms with Crippen molar-refractivity contribution in [1.29, 1.82) is 0 Å². The quantitative estimate of drug-likeness (QED) is 0.332. The van der Waals surface area contributed by atoms with Crippen LogP contribution in [0.2, 0.25) is 0 Å². The molecule has 1 unspecified atom stereocenters. The lowest BCUT2D eigenvalue weighted by atomic mass is 10.2. The van der Waals surface area contributed by atoms with Crippen LogP contribution in [0, 0.1) is 0 Å². The number of anilines is 2. The number of rotatable bonds is 9. The zero-order valence-corrected chi connectivity index (χ0v) is 18.7. The van der Waals surface area contributed by atoms with Gasteiger partial charge in [-0.25, -0.2) is 15.0 Å². The highest BCUT2D eigenvalue weighted by molar-refractivity contribution is 7.99. The molecule has 0 spiro atoms. The van der Waals surface area contributed by atoms with Crippen LogP contribution < -0.4 is 10.1 Å². The Bertz CT molecular complexity index is 1180. The number of hydrogen-bond acceptors (Lipinski definition) is 11. The van der Waals surface area contributed by atoms with Crippen LogP contribution in [0.25, 0.3) is 0 Å². The molecule has 0 aromatic carbocycles. The summed E-state index contributed by atoms with van der Waals surface area (Å²) in [4.78, 5) is 18.3. The van der Waals surface area contributed by atoms with E-state index in [0.29, 0.717) is 28.9 Å². The van der Waals surface area contributed by atoms with Gasteiger partial charge in [0, 0.05) is 41.1 Å². The van der Waals surface area contributed by atoms with Gasteiger partial charge < -0.3 is 20.3 Å². The van der Waals surface area contributed by atoms with Crippen LogP contribution in [0.5, 0.6) is 11.5 Å². The molecule has 3 N–H and O–H groups in total. The second kappa shape index (κ2) is 10.5. The van der Waals surface area contributed by atoms with Crippen molar-refractivity contribution in [3.63, 3.8) is 0 Å². The maximum Gasteiger partial charge on any atom is 0.208 e. The van der Waals surface area contributed by atoms with Gasteiger partial charge in [0.1, 0.15) is 16.9 Å². The average Bonchev–Trinajstić information content (AvgIpc) is 3.30. The first kappa shape index (κ1) is 22.1. The number of hydrogen-bond donors (Lipinski definition) is 3. The van der Waals surface area contributed by atoms with Crippen molar-refractivity contribution in [2.75, 3.05) is 11.9 Å². The molecule has 11 heteroatoms. The monoisotopic (exact) mass is 468 g/mol. The fourth-order valence-corrected chi connectivity index (χ4v) is 4.08. The van der Waals surface area contributed by atoms with E-state index in [-0.39, 0.29) is 5.82 Å². The number of ether oxygens (including phenoxy) is 1. The number of pyridine rings is 3. The molecule has 164 valence electrons. The van der Waals surface area contributed by atoms with E-state index in [1.165, 1.54) is 11.8 Å². The number of nitrogens with one attached hydrogen (secondary N) is 1. The van der Waals surface area contributed by atoms with Crippen molar-refractivity contribution in [2.24, 2.45) is 0 Å². The number of aromatic nitrogens is 5. The Morgan fingerprint density at radius 3 is 2.78 bits per heavy atom. The summed E-state index contributed by atoms with van der Waals surface area (Å²) in [5, 5.41) is 23.2. The Labute approximate surface area is 192 Å². The van der Waals surface area contributed by atoms with Crippen LogP contribution in [-0.4, -0.2) is 41.1 Å². The average molecular weight is 469 g/mol. The Kier molecular flexibility index (Phi) is 7.22. The first-order valence-corrected chi connectivity index (χ1v) is 11.4. The standard InChI is InChI=1S/C21H20N6O3S2/c1-2-14-16(6-5-9-22-14)30-17-10-13(31-18-7-3-4-8-23-18)11-24-20(17)26-21-25-19(27-32-21)15(29)12-28/h3-11,15,28-29H,2,12H2,1H3,(H,24,25,26,27). The molecule has 9 nitrogen and oxygen atoms in total. The predicted molar refractivity (Wildman–Crippen MR) is 122 cm³/mol. The molecular weight excluding hydrogens is 448 g/mol. The lowest BCUT2D eigenvalue weighted by Crippen LogP contribution is -2.04. The van der Waals surface area contributed by atoms with E-state index in [4.69, 9.17) is 9.84 Å². The minimum atomic E-state index is -1.13. The van der Waals surface area contributed by atoms with Crippen LogP contribution in [0.1, 0.15) is 24.5 Å². The molecule has 4 aromatic heterocycles. The van der Waals surface area contributed by atoms with Gasteiger partial charge >= 0.3 is 0 Å². The third kappa shape index (κ3) is 5.37. The van der Waals surface area contributed by atoms with E-state index in [1.54, 1.807) is 18.6 Å². The molecule has 0 radical (unpaired) electrons. The normalized spacial score (nSPS) is 11.8. The zero-order valence-electron chi connectivity index (χ0n) is 17.0. The summed E-state index contributed by atoms with van der Waals surface area (Å²) in [6, 6.07) is 11.2. The Morgan fingerprint density at radius 1 is 1.12 bits per heavy atom. The van der Waals surface area contributed by atoms with Crippen molar-refractivity contribution in [3.8, 4) is 11.5 Å². The van der Waals surface area contributed by atoms with E-state index in [9.17, 15) is 5.11 Å². The Balaban J connectivity index is 1.65. The second-order valence-electron chi connectivity index (χ2n) is 6.47. The molecule has 4 rings (SSSR count). The maximum atomic E-state index is 9.74. The molecule has 0 saturated heterocycles. The minimum absolute atomic E-state index is 0.144. The van der Waals surface area contributed by atoms with Crippen molar-refractivity contribution in [2.45, 2.75) is 29.4 Å². The van der Waals surface area contributed by atoms with Crippen molar-refractivity contribution >= 4 is 34.2 Å². The molecule has 32 heavy (non-hydrogen) atoms. The lowest BCUT2D eigenvalue weighted by molar-refractivity contribution is 0.0897. The molecule has 0 fully saturated rings. The van der Waals surface area contributed by atoms with E-state index in [1.807, 2.05) is 43.3 Å². The lowest BCUT2D eigenvalue weighted by Gasteiger charge is -2.14. The van der Waals surface area contributed by atoms with E-state index in [0.717, 1.165) is 27.1 Å². The van der Waals surface area contributed by atoms with Gasteiger partial charge in [0.25, 0.3) is 0 Å². The number of aliphatic hydroxyl groups excluding tert-OH is 2. The molecule has 0 aliphatic heterocycles. The third-order valence-corrected chi connectivity index (χ3v) is 5.78. The fourth-order valence-electron chi connectivity index (χ4n) is 2.69. The molecule has 0 saturated carbocycles. The summed E-state index contributed by atoms with van der Waals surface area (Å²) >= 11 is 2.52. The van der Waals surface area contributed by atoms with Crippen molar-refractivity contribution < 1.29 is 14.9 Å². The molecule has 0 bridgehead atoms. The van der Waals surface area contributed by atoms with Gasteiger partial charge in [0.2, 0.25) is 5.13 Å². The van der Waals surface area contributed by atoms with Gasteiger partial charge in [0.15, 0.2) is 17.4 Å². The minimum Gasteiger partial charge on any atom is -0.452 e. The van der Waals surface area contributed by atoms with Crippen LogP contribution in [-0.2, 0) is 6.42 Å². The van der Waals surface area contributed by atoms with E-state index >= 15 is 0 Å². The first-order chi connectivity index (χ1) is 15.7. The highest BCUT2D eigenvalue weighted by Crippen LogP contribution is 2.36. The predicted octanol–water partition coefficient (Wildman–Crippen LogP) is 4.00. The van der Waals surface area contributed by atoms with Gasteiger partial charge in [-0.05, 0) is 30.7 Å². The van der Waals surface area contributed by atoms with Crippen LogP contribution >= 0.6 is 23.3 Å². The van der Waals surface area contributed by atoms with E-state index in [2.05, 4.69) is 29.6 Å². The summed E-state index contributed by atoms with van der Waals surface area (Å²) in [5.41, 5.74) is 0.825. The molecular formula is C21H20N6O3S2. The van der Waals surface area contributed by atoms with Gasteiger partial charge in [-0.15, -0.1) is 0 Å². The van der Waals surface area contributed by atoms with Crippen molar-refractivity contribution in [3.05, 3.63) is 66.5 Å². The third-order valence-electron chi connectivity index (χ3n) is 4.23. The second-order valence-corrected chi connectivity index (χ2v) is 8.32. The van der Waals surface area contributed by atoms with Gasteiger partial charge in [-0.1, -0.05) is 24.8 Å². The highest BCUT2D eigenvalue weighted by Gasteiger charge is 2.16. The van der Waals surface area contributed by atoms with Crippen LogP contribution in [0.15, 0.2) is 64.9 Å². The number of nitrogens with zero attached hydrogens (tertiary/aromatic N) is 5. The summed E-state index contributed by atoms with van der Waals surface area (Å²) < 4.78 is 10.3. The topological polar surface area (TPSA) is 126 Å². The number of aliphatic hydroxyl groups is 2. The maximum absolute atomic E-state index is 9.74. The largest absolute Gasteiger partial charge is 0.452 e. The summed E-state index contributed by atoms with van der Waals surface area (Å²) in [6.07, 6.45) is 4.76. The Morgan fingerprint density at radius 2 is 2.00 bits per heavy atom. The SMILES string of the molecule is CCc1ncccc1Oc1cc(Sc2ccccn2)cnc1Nc1nc(C(O)CO)ns1. The smallest absolute Gasteiger partial charge is 0.208 e. The zero-order chi connectivity index (χ0) is 22.3. The van der Waals surface area contributed by atoms with Crippen LogP contribution in [0.4, 0.5) is 10.9 Å². The first-order valence-electron chi connectivity index (χ1n) is 9.76. The van der Waals surface area contributed by atoms with Gasteiger partial charge in [-0.3, -0.25) is 4.98 Å². The van der Waals surface area contributed by atoms with Crippen molar-refractivity contribution in [1.82, 2.24) is 24.3 Å². The van der Waals surface area contributed by atoms with Crippen LogP contribution in [0.3, 0.4) is 0 Å². The summed E-state index contributed by atoms with van der Waals surface area (Å²) in [6.45, 7) is 1.55. The number of aryl methyl sites for hydroxylation is 1. The summed E-state index contributed by atoms with van der Waals surface area (Å²) in [7, 11) is 0.